The summed E-state index contributed by atoms with van der Waals surface area (Å²) in [6.45, 7) is 0. The number of hydrogen-bond acceptors (Lipinski definition) is 2. The summed E-state index contributed by atoms with van der Waals surface area (Å²) in [6.07, 6.45) is -4.60. The van der Waals surface area contributed by atoms with Crippen molar-refractivity contribution in [2.75, 3.05) is 0 Å². The monoisotopic (exact) mass is 303 g/mol. The third kappa shape index (κ3) is 4.89. The normalized spacial score (nSPS) is 10.4. The van der Waals surface area contributed by atoms with Crippen molar-refractivity contribution in [1.29, 1.82) is 0 Å². The van der Waals surface area contributed by atoms with Crippen molar-refractivity contribution in [3.8, 4) is 0 Å². The standard InChI is InChI=1S/C7H3ClF3NO2.C6H6/c8-5-2-1-4(7(9,10)11)3-6(5)12(13)14;1-2-4-6-5-3-1/h1-3H;1-6H. The minimum atomic E-state index is -4.60. The fourth-order valence-electron chi connectivity index (χ4n) is 1.21. The molecular weight excluding hydrogens is 295 g/mol. The van der Waals surface area contributed by atoms with E-state index in [1.54, 1.807) is 0 Å². The molecule has 0 bridgehead atoms. The molecule has 2 rings (SSSR count). The van der Waals surface area contributed by atoms with E-state index < -0.39 is 22.4 Å². The van der Waals surface area contributed by atoms with Gasteiger partial charge in [0, 0.05) is 6.07 Å². The Bertz CT molecular complexity index is 547. The second-order valence-electron chi connectivity index (χ2n) is 3.58. The van der Waals surface area contributed by atoms with E-state index in [4.69, 9.17) is 11.6 Å². The van der Waals surface area contributed by atoms with Gasteiger partial charge in [-0.2, -0.15) is 13.2 Å². The van der Waals surface area contributed by atoms with Gasteiger partial charge in [-0.15, -0.1) is 0 Å². The van der Waals surface area contributed by atoms with Crippen molar-refractivity contribution in [3.05, 3.63) is 75.3 Å². The van der Waals surface area contributed by atoms with Crippen LogP contribution in [-0.4, -0.2) is 4.92 Å². The minimum absolute atomic E-state index is 0.317. The summed E-state index contributed by atoms with van der Waals surface area (Å²) in [6, 6.07) is 13.9. The van der Waals surface area contributed by atoms with Crippen molar-refractivity contribution in [2.24, 2.45) is 0 Å². The predicted molar refractivity (Wildman–Crippen MR) is 69.6 cm³/mol. The van der Waals surface area contributed by atoms with E-state index in [0.29, 0.717) is 12.1 Å². The predicted octanol–water partition coefficient (Wildman–Crippen LogP) is 4.95. The molecule has 20 heavy (non-hydrogen) atoms. The van der Waals surface area contributed by atoms with Gasteiger partial charge in [-0.3, -0.25) is 10.1 Å². The van der Waals surface area contributed by atoms with Crippen molar-refractivity contribution in [1.82, 2.24) is 0 Å². The van der Waals surface area contributed by atoms with Crippen LogP contribution >= 0.6 is 11.6 Å². The number of alkyl halides is 3. The molecule has 0 aliphatic heterocycles. The van der Waals surface area contributed by atoms with Crippen LogP contribution in [0.25, 0.3) is 0 Å². The topological polar surface area (TPSA) is 43.1 Å². The highest BCUT2D eigenvalue weighted by Crippen LogP contribution is 2.34. The van der Waals surface area contributed by atoms with E-state index in [0.717, 1.165) is 6.07 Å². The molecule has 0 aliphatic carbocycles. The highest BCUT2D eigenvalue weighted by molar-refractivity contribution is 6.32. The summed E-state index contributed by atoms with van der Waals surface area (Å²) >= 11 is 5.33. The molecule has 7 heteroatoms. The summed E-state index contributed by atoms with van der Waals surface area (Å²) in [5.41, 5.74) is -1.84. The van der Waals surface area contributed by atoms with Crippen LogP contribution in [0.15, 0.2) is 54.6 Å². The fraction of sp³-hybridized carbons (Fsp3) is 0.0769. The molecule has 0 aliphatic rings. The molecule has 3 nitrogen and oxygen atoms in total. The van der Waals surface area contributed by atoms with Crippen molar-refractivity contribution in [3.63, 3.8) is 0 Å². The maximum atomic E-state index is 12.1. The highest BCUT2D eigenvalue weighted by Gasteiger charge is 2.32. The molecule has 0 spiro atoms. The maximum Gasteiger partial charge on any atom is 0.416 e. The van der Waals surface area contributed by atoms with Crippen molar-refractivity contribution < 1.29 is 18.1 Å². The zero-order chi connectivity index (χ0) is 15.2. The van der Waals surface area contributed by atoms with Crippen LogP contribution in [0.1, 0.15) is 5.56 Å². The number of halogens is 4. The van der Waals surface area contributed by atoms with Gasteiger partial charge in [0.05, 0.1) is 10.5 Å². The molecule has 0 aromatic heterocycles. The Morgan fingerprint density at radius 2 is 1.45 bits per heavy atom. The van der Waals surface area contributed by atoms with Gasteiger partial charge < -0.3 is 0 Å². The minimum Gasteiger partial charge on any atom is -0.258 e. The van der Waals surface area contributed by atoms with Crippen LogP contribution in [0.2, 0.25) is 5.02 Å². The number of rotatable bonds is 1. The molecule has 0 fully saturated rings. The molecule has 0 N–H and O–H groups in total. The number of nitrogens with zero attached hydrogens (tertiary/aromatic N) is 1. The largest absolute Gasteiger partial charge is 0.416 e. The SMILES string of the molecule is O=[N+]([O-])c1cc(C(F)(F)F)ccc1Cl.c1ccccc1. The molecule has 0 radical (unpaired) electrons. The average molecular weight is 304 g/mol. The number of nitro groups is 1. The Balaban J connectivity index is 0.000000276. The van der Waals surface area contributed by atoms with Gasteiger partial charge in [-0.05, 0) is 12.1 Å². The second-order valence-corrected chi connectivity index (χ2v) is 3.98. The average Bonchev–Trinajstić information content (AvgIpc) is 2.40. The summed E-state index contributed by atoms with van der Waals surface area (Å²) in [5, 5.41) is 9.94. The van der Waals surface area contributed by atoms with Crippen LogP contribution in [0, 0.1) is 10.1 Å². The van der Waals surface area contributed by atoms with E-state index in [1.165, 1.54) is 0 Å². The first-order valence-electron chi connectivity index (χ1n) is 5.33. The first kappa shape index (κ1) is 16.0. The van der Waals surface area contributed by atoms with E-state index in [9.17, 15) is 23.3 Å². The van der Waals surface area contributed by atoms with Gasteiger partial charge in [0.2, 0.25) is 0 Å². The third-order valence-corrected chi connectivity index (χ3v) is 2.46. The van der Waals surface area contributed by atoms with Gasteiger partial charge in [-0.25, -0.2) is 0 Å². The molecule has 0 atom stereocenters. The Labute approximate surface area is 117 Å². The van der Waals surface area contributed by atoms with Gasteiger partial charge in [0.25, 0.3) is 5.69 Å². The van der Waals surface area contributed by atoms with Crippen LogP contribution in [-0.2, 0) is 6.18 Å². The Morgan fingerprint density at radius 1 is 1.00 bits per heavy atom. The van der Waals surface area contributed by atoms with E-state index >= 15 is 0 Å². The van der Waals surface area contributed by atoms with Crippen molar-refractivity contribution in [2.45, 2.75) is 6.18 Å². The number of hydrogen-bond donors (Lipinski definition) is 0. The van der Waals surface area contributed by atoms with Gasteiger partial charge in [-0.1, -0.05) is 48.0 Å². The van der Waals surface area contributed by atoms with Crippen LogP contribution < -0.4 is 0 Å². The summed E-state index contributed by atoms with van der Waals surface area (Å²) < 4.78 is 36.3. The zero-order valence-electron chi connectivity index (χ0n) is 9.97. The highest BCUT2D eigenvalue weighted by atomic mass is 35.5. The van der Waals surface area contributed by atoms with E-state index in [-0.39, 0.29) is 5.02 Å². The molecule has 0 saturated heterocycles. The van der Waals surface area contributed by atoms with Crippen molar-refractivity contribution >= 4 is 17.3 Å². The second kappa shape index (κ2) is 6.91. The molecule has 2 aromatic rings. The van der Waals surface area contributed by atoms with E-state index in [1.807, 2.05) is 36.4 Å². The quantitative estimate of drug-likeness (QED) is 0.552. The zero-order valence-corrected chi connectivity index (χ0v) is 10.7. The lowest BCUT2D eigenvalue weighted by atomic mass is 10.2. The smallest absolute Gasteiger partial charge is 0.258 e. The molecule has 0 unspecified atom stereocenters. The molecule has 106 valence electrons. The van der Waals surface area contributed by atoms with Crippen LogP contribution in [0.4, 0.5) is 18.9 Å². The number of benzene rings is 2. The summed E-state index contributed by atoms with van der Waals surface area (Å²) in [5.74, 6) is 0. The van der Waals surface area contributed by atoms with Crippen LogP contribution in [0.3, 0.4) is 0 Å². The first-order valence-corrected chi connectivity index (χ1v) is 5.71. The van der Waals surface area contributed by atoms with Gasteiger partial charge in [0.1, 0.15) is 5.02 Å². The molecule has 0 saturated carbocycles. The fourth-order valence-corrected chi connectivity index (χ4v) is 1.40. The van der Waals surface area contributed by atoms with Crippen LogP contribution in [0.5, 0.6) is 0 Å². The summed E-state index contributed by atoms with van der Waals surface area (Å²) in [4.78, 5) is 9.29. The molecule has 2 aromatic carbocycles. The Kier molecular flexibility index (Phi) is 5.52. The third-order valence-electron chi connectivity index (χ3n) is 2.14. The van der Waals surface area contributed by atoms with Gasteiger partial charge in [0.15, 0.2) is 0 Å². The molecule has 0 amide bonds. The maximum absolute atomic E-state index is 12.1. The Hall–Kier alpha value is -2.08. The summed E-state index contributed by atoms with van der Waals surface area (Å²) in [7, 11) is 0. The first-order chi connectivity index (χ1) is 9.32. The van der Waals surface area contributed by atoms with Gasteiger partial charge >= 0.3 is 6.18 Å². The lowest BCUT2D eigenvalue weighted by molar-refractivity contribution is -0.385. The number of nitro benzene ring substituents is 1. The van der Waals surface area contributed by atoms with E-state index in [2.05, 4.69) is 0 Å². The molecular formula is C13H9ClF3NO2. The molecule has 0 heterocycles. The Morgan fingerprint density at radius 3 is 1.80 bits per heavy atom. The lowest BCUT2D eigenvalue weighted by Gasteiger charge is -2.05. The lowest BCUT2D eigenvalue weighted by Crippen LogP contribution is -2.05.